The third-order valence-electron chi connectivity index (χ3n) is 4.44. The van der Waals surface area contributed by atoms with Crippen LogP contribution in [0.3, 0.4) is 0 Å². The maximum atomic E-state index is 13.0. The van der Waals surface area contributed by atoms with Crippen molar-refractivity contribution in [2.24, 2.45) is 7.05 Å². The molecule has 136 valence electrons. The Morgan fingerprint density at radius 1 is 1.37 bits per heavy atom. The summed E-state index contributed by atoms with van der Waals surface area (Å²) in [6, 6.07) is 1.93. The number of hydrogen-bond donors (Lipinski definition) is 2. The second kappa shape index (κ2) is 5.99. The molecule has 0 radical (unpaired) electrons. The fourth-order valence-corrected chi connectivity index (χ4v) is 4.78. The van der Waals surface area contributed by atoms with Crippen molar-refractivity contribution in [1.82, 2.24) is 34.5 Å². The molecule has 0 atom stereocenters. The van der Waals surface area contributed by atoms with Crippen molar-refractivity contribution in [3.63, 3.8) is 0 Å². The highest BCUT2D eigenvalue weighted by atomic mass is 32.1. The zero-order chi connectivity index (χ0) is 18.5. The van der Waals surface area contributed by atoms with E-state index in [9.17, 15) is 4.79 Å². The molecule has 5 rings (SSSR count). The Bertz CT molecular complexity index is 1320. The SMILES string of the molecule is Cn1c2nc(Cc3ccn[nH]3)sc2c2cnn(Cc3ncsc3N)c(=O)c21. The summed E-state index contributed by atoms with van der Waals surface area (Å²) in [5, 5.41) is 13.6. The Labute approximate surface area is 160 Å². The summed E-state index contributed by atoms with van der Waals surface area (Å²) in [5.74, 6) is 0. The van der Waals surface area contributed by atoms with E-state index in [1.807, 2.05) is 17.7 Å². The molecule has 11 heteroatoms. The first kappa shape index (κ1) is 16.1. The van der Waals surface area contributed by atoms with E-state index in [1.54, 1.807) is 29.2 Å². The normalized spacial score (nSPS) is 11.7. The van der Waals surface area contributed by atoms with Gasteiger partial charge in [0.15, 0.2) is 5.65 Å². The molecule has 5 heterocycles. The van der Waals surface area contributed by atoms with Gasteiger partial charge >= 0.3 is 0 Å². The van der Waals surface area contributed by atoms with Crippen molar-refractivity contribution in [3.05, 3.63) is 50.7 Å². The van der Waals surface area contributed by atoms with Gasteiger partial charge in [-0.1, -0.05) is 0 Å². The smallest absolute Gasteiger partial charge is 0.291 e. The van der Waals surface area contributed by atoms with E-state index in [0.29, 0.717) is 22.6 Å². The first-order chi connectivity index (χ1) is 13.1. The zero-order valence-corrected chi connectivity index (χ0v) is 15.8. The Morgan fingerprint density at radius 3 is 3.00 bits per heavy atom. The van der Waals surface area contributed by atoms with Crippen LogP contribution >= 0.6 is 22.7 Å². The molecule has 0 aliphatic heterocycles. The Kier molecular flexibility index (Phi) is 3.58. The molecule has 5 aromatic heterocycles. The number of anilines is 1. The van der Waals surface area contributed by atoms with Crippen molar-refractivity contribution >= 4 is 48.9 Å². The number of thiazole rings is 2. The van der Waals surface area contributed by atoms with Gasteiger partial charge in [0, 0.05) is 30.7 Å². The van der Waals surface area contributed by atoms with Gasteiger partial charge in [0.05, 0.1) is 28.6 Å². The maximum absolute atomic E-state index is 13.0. The number of aryl methyl sites for hydroxylation is 1. The Balaban J connectivity index is 1.61. The van der Waals surface area contributed by atoms with Gasteiger partial charge in [-0.05, 0) is 6.07 Å². The first-order valence-corrected chi connectivity index (χ1v) is 9.81. The number of aromatic nitrogens is 7. The van der Waals surface area contributed by atoms with Gasteiger partial charge in [-0.2, -0.15) is 10.2 Å². The van der Waals surface area contributed by atoms with Crippen LogP contribution in [-0.2, 0) is 20.0 Å². The number of nitrogens with one attached hydrogen (secondary N) is 1. The summed E-state index contributed by atoms with van der Waals surface area (Å²) in [6.07, 6.45) is 4.12. The summed E-state index contributed by atoms with van der Waals surface area (Å²) >= 11 is 2.92. The van der Waals surface area contributed by atoms with Crippen LogP contribution in [0.4, 0.5) is 5.00 Å². The highest BCUT2D eigenvalue weighted by Crippen LogP contribution is 2.31. The number of nitrogens with two attached hydrogens (primary N) is 1. The molecule has 0 fully saturated rings. The van der Waals surface area contributed by atoms with Crippen molar-refractivity contribution in [2.75, 3.05) is 5.73 Å². The lowest BCUT2D eigenvalue weighted by Gasteiger charge is -2.04. The molecule has 0 amide bonds. The van der Waals surface area contributed by atoms with Gasteiger partial charge in [0.25, 0.3) is 5.56 Å². The van der Waals surface area contributed by atoms with E-state index in [2.05, 4.69) is 20.3 Å². The fourth-order valence-electron chi connectivity index (χ4n) is 3.11. The minimum atomic E-state index is -0.178. The van der Waals surface area contributed by atoms with Gasteiger partial charge in [-0.3, -0.25) is 9.89 Å². The molecule has 0 bridgehead atoms. The molecule has 0 aliphatic carbocycles. The average Bonchev–Trinajstić information content (AvgIpc) is 3.41. The number of nitrogen functional groups attached to an aromatic ring is 1. The molecule has 0 aromatic carbocycles. The van der Waals surface area contributed by atoms with Crippen LogP contribution in [0.2, 0.25) is 0 Å². The molecule has 9 nitrogen and oxygen atoms in total. The van der Waals surface area contributed by atoms with E-state index in [1.165, 1.54) is 16.0 Å². The summed E-state index contributed by atoms with van der Waals surface area (Å²) in [7, 11) is 1.85. The minimum Gasteiger partial charge on any atom is -0.389 e. The molecule has 0 unspecified atom stereocenters. The molecule has 3 N–H and O–H groups in total. The third-order valence-corrected chi connectivity index (χ3v) is 6.22. The summed E-state index contributed by atoms with van der Waals surface area (Å²) in [5.41, 5.74) is 10.4. The Hall–Kier alpha value is -3.05. The van der Waals surface area contributed by atoms with E-state index in [4.69, 9.17) is 10.7 Å². The van der Waals surface area contributed by atoms with Gasteiger partial charge in [0.2, 0.25) is 0 Å². The highest BCUT2D eigenvalue weighted by Gasteiger charge is 2.19. The molecule has 0 aliphatic rings. The molecule has 27 heavy (non-hydrogen) atoms. The monoisotopic (exact) mass is 398 g/mol. The van der Waals surface area contributed by atoms with E-state index < -0.39 is 0 Å². The predicted octanol–water partition coefficient (Wildman–Crippen LogP) is 1.75. The van der Waals surface area contributed by atoms with Crippen molar-refractivity contribution in [3.8, 4) is 0 Å². The fraction of sp³-hybridized carbons (Fsp3) is 0.188. The summed E-state index contributed by atoms with van der Waals surface area (Å²) < 4.78 is 4.19. The van der Waals surface area contributed by atoms with Crippen LogP contribution in [0.25, 0.3) is 21.3 Å². The van der Waals surface area contributed by atoms with Crippen LogP contribution in [-0.4, -0.2) is 34.5 Å². The van der Waals surface area contributed by atoms with Crippen molar-refractivity contribution in [1.29, 1.82) is 0 Å². The number of rotatable bonds is 4. The van der Waals surface area contributed by atoms with Gasteiger partial charge in [0.1, 0.15) is 15.5 Å². The minimum absolute atomic E-state index is 0.178. The molecule has 5 aromatic rings. The number of aromatic amines is 1. The van der Waals surface area contributed by atoms with E-state index >= 15 is 0 Å². The van der Waals surface area contributed by atoms with Gasteiger partial charge in [-0.25, -0.2) is 14.6 Å². The van der Waals surface area contributed by atoms with Crippen LogP contribution in [0.5, 0.6) is 0 Å². The third kappa shape index (κ3) is 2.54. The van der Waals surface area contributed by atoms with Crippen LogP contribution < -0.4 is 11.3 Å². The van der Waals surface area contributed by atoms with Crippen LogP contribution in [0.1, 0.15) is 16.4 Å². The van der Waals surface area contributed by atoms with Crippen LogP contribution in [0.15, 0.2) is 28.8 Å². The molecular formula is C16H14N8OS2. The highest BCUT2D eigenvalue weighted by molar-refractivity contribution is 7.19. The largest absolute Gasteiger partial charge is 0.389 e. The second-order valence-electron chi connectivity index (χ2n) is 6.11. The van der Waals surface area contributed by atoms with Gasteiger partial charge < -0.3 is 10.3 Å². The Morgan fingerprint density at radius 2 is 2.26 bits per heavy atom. The van der Waals surface area contributed by atoms with Crippen LogP contribution in [0, 0.1) is 0 Å². The standard InChI is InChI=1S/C16H14N8OS2/c1-23-12-9(5-20-24(16(12)25)6-10-14(17)26-7-18-10)13-15(23)21-11(27-13)4-8-2-3-19-22-8/h2-3,5,7H,4,6,17H2,1H3,(H,19,22). The average molecular weight is 398 g/mol. The van der Waals surface area contributed by atoms with E-state index in [0.717, 1.165) is 26.4 Å². The maximum Gasteiger partial charge on any atom is 0.291 e. The molecular weight excluding hydrogens is 384 g/mol. The first-order valence-electron chi connectivity index (χ1n) is 8.12. The lowest BCUT2D eigenvalue weighted by Crippen LogP contribution is -2.25. The lowest BCUT2D eigenvalue weighted by molar-refractivity contribution is 0.636. The molecule has 0 saturated heterocycles. The van der Waals surface area contributed by atoms with Crippen molar-refractivity contribution < 1.29 is 0 Å². The predicted molar refractivity (Wildman–Crippen MR) is 105 cm³/mol. The lowest BCUT2D eigenvalue weighted by atomic mass is 10.3. The number of H-pyrrole nitrogens is 1. The zero-order valence-electron chi connectivity index (χ0n) is 14.2. The number of fused-ring (bicyclic) bond motifs is 3. The van der Waals surface area contributed by atoms with E-state index in [-0.39, 0.29) is 12.1 Å². The number of hydrogen-bond acceptors (Lipinski definition) is 8. The quantitative estimate of drug-likeness (QED) is 0.476. The van der Waals surface area contributed by atoms with Crippen molar-refractivity contribution in [2.45, 2.75) is 13.0 Å². The number of nitrogens with zero attached hydrogens (tertiary/aromatic N) is 6. The second-order valence-corrected chi connectivity index (χ2v) is 8.08. The molecule has 0 saturated carbocycles. The molecule has 0 spiro atoms. The summed E-state index contributed by atoms with van der Waals surface area (Å²) in [4.78, 5) is 21.9. The van der Waals surface area contributed by atoms with Gasteiger partial charge in [-0.15, -0.1) is 22.7 Å². The summed E-state index contributed by atoms with van der Waals surface area (Å²) in [6.45, 7) is 0.251. The topological polar surface area (TPSA) is 120 Å².